The van der Waals surface area contributed by atoms with Gasteiger partial charge < -0.3 is 20.3 Å². The monoisotopic (exact) mass is 321 g/mol. The van der Waals surface area contributed by atoms with Gasteiger partial charge in [-0.3, -0.25) is 9.59 Å². The number of methoxy groups -OCH3 is 1. The van der Waals surface area contributed by atoms with E-state index in [2.05, 4.69) is 10.6 Å². The molecule has 6 nitrogen and oxygen atoms in total. The van der Waals surface area contributed by atoms with Crippen LogP contribution in [-0.2, 0) is 19.9 Å². The van der Waals surface area contributed by atoms with E-state index >= 15 is 0 Å². The van der Waals surface area contributed by atoms with Crippen LogP contribution in [0.2, 0.25) is 0 Å². The summed E-state index contributed by atoms with van der Waals surface area (Å²) in [4.78, 5) is 25.6. The highest BCUT2D eigenvalue weighted by Gasteiger charge is 2.31. The van der Waals surface area contributed by atoms with Crippen molar-refractivity contribution in [2.75, 3.05) is 40.8 Å². The number of nitrogens with zero attached hydrogens (tertiary/aromatic N) is 1. The lowest BCUT2D eigenvalue weighted by Crippen LogP contribution is -2.47. The SMILES string of the molecule is CCC(CNC(=O)C(=O)NCCN(C)C)(OC)c1ccccc1. The molecule has 1 unspecified atom stereocenters. The van der Waals surface area contributed by atoms with Crippen molar-refractivity contribution in [1.29, 1.82) is 0 Å². The molecule has 0 heterocycles. The third-order valence-electron chi connectivity index (χ3n) is 3.85. The Morgan fingerprint density at radius 2 is 1.74 bits per heavy atom. The molecule has 6 heteroatoms. The number of nitrogens with one attached hydrogen (secondary N) is 2. The van der Waals surface area contributed by atoms with Crippen molar-refractivity contribution in [2.24, 2.45) is 0 Å². The van der Waals surface area contributed by atoms with E-state index in [1.165, 1.54) is 0 Å². The molecule has 0 aromatic heterocycles. The summed E-state index contributed by atoms with van der Waals surface area (Å²) >= 11 is 0. The second kappa shape index (κ2) is 9.27. The third kappa shape index (κ3) is 5.65. The van der Waals surface area contributed by atoms with E-state index in [1.54, 1.807) is 7.11 Å². The lowest BCUT2D eigenvalue weighted by Gasteiger charge is -2.32. The van der Waals surface area contributed by atoms with Crippen molar-refractivity contribution in [2.45, 2.75) is 18.9 Å². The van der Waals surface area contributed by atoms with Crippen LogP contribution >= 0.6 is 0 Å². The maximum absolute atomic E-state index is 11.9. The van der Waals surface area contributed by atoms with E-state index in [0.29, 0.717) is 19.5 Å². The minimum Gasteiger partial charge on any atom is -0.372 e. The Balaban J connectivity index is 2.62. The van der Waals surface area contributed by atoms with E-state index in [4.69, 9.17) is 4.74 Å². The van der Waals surface area contributed by atoms with Crippen molar-refractivity contribution in [1.82, 2.24) is 15.5 Å². The number of rotatable bonds is 8. The summed E-state index contributed by atoms with van der Waals surface area (Å²) in [6.45, 7) is 3.34. The number of hydrogen-bond donors (Lipinski definition) is 2. The molecule has 1 aromatic rings. The van der Waals surface area contributed by atoms with Crippen molar-refractivity contribution >= 4 is 11.8 Å². The lowest BCUT2D eigenvalue weighted by molar-refractivity contribution is -0.140. The van der Waals surface area contributed by atoms with Crippen LogP contribution in [0, 0.1) is 0 Å². The summed E-state index contributed by atoms with van der Waals surface area (Å²) in [6, 6.07) is 9.69. The van der Waals surface area contributed by atoms with Crippen LogP contribution in [0.3, 0.4) is 0 Å². The smallest absolute Gasteiger partial charge is 0.309 e. The zero-order valence-corrected chi connectivity index (χ0v) is 14.4. The summed E-state index contributed by atoms with van der Waals surface area (Å²) in [5.74, 6) is -1.27. The average Bonchev–Trinajstić information content (AvgIpc) is 2.56. The molecule has 0 aliphatic carbocycles. The van der Waals surface area contributed by atoms with Crippen LogP contribution in [0.4, 0.5) is 0 Å². The molecule has 0 radical (unpaired) electrons. The normalized spacial score (nSPS) is 13.4. The number of likely N-dealkylation sites (N-methyl/N-ethyl adjacent to an activating group) is 1. The summed E-state index contributed by atoms with van der Waals surface area (Å²) in [6.07, 6.45) is 0.677. The number of benzene rings is 1. The average molecular weight is 321 g/mol. The van der Waals surface area contributed by atoms with Gasteiger partial charge in [0.15, 0.2) is 0 Å². The Morgan fingerprint density at radius 1 is 1.13 bits per heavy atom. The molecule has 1 rings (SSSR count). The first-order chi connectivity index (χ1) is 10.9. The molecular formula is C17H27N3O3. The molecule has 0 aliphatic heterocycles. The molecule has 1 atom stereocenters. The predicted octanol–water partition coefficient (Wildman–Crippen LogP) is 0.732. The summed E-state index contributed by atoms with van der Waals surface area (Å²) < 4.78 is 5.66. The predicted molar refractivity (Wildman–Crippen MR) is 90.0 cm³/mol. The number of carbonyl (C=O) groups is 2. The minimum absolute atomic E-state index is 0.240. The first kappa shape index (κ1) is 19.1. The molecule has 1 aromatic carbocycles. The standard InChI is InChI=1S/C17H27N3O3/c1-5-17(23-4,14-9-7-6-8-10-14)13-19-16(22)15(21)18-11-12-20(2)3/h6-10H,5,11-13H2,1-4H3,(H,18,21)(H,19,22). The molecule has 0 saturated carbocycles. The van der Waals surface area contributed by atoms with Crippen molar-refractivity contribution in [3.05, 3.63) is 35.9 Å². The molecule has 2 amide bonds. The third-order valence-corrected chi connectivity index (χ3v) is 3.85. The summed E-state index contributed by atoms with van der Waals surface area (Å²) in [5.41, 5.74) is 0.333. The van der Waals surface area contributed by atoms with E-state index in [0.717, 1.165) is 5.56 Å². The summed E-state index contributed by atoms with van der Waals surface area (Å²) in [5, 5.41) is 5.26. The van der Waals surface area contributed by atoms with Gasteiger partial charge in [0, 0.05) is 20.2 Å². The van der Waals surface area contributed by atoms with Gasteiger partial charge in [0.1, 0.15) is 5.60 Å². The topological polar surface area (TPSA) is 70.7 Å². The van der Waals surface area contributed by atoms with Gasteiger partial charge in [0.05, 0.1) is 6.54 Å². The van der Waals surface area contributed by atoms with Gasteiger partial charge in [-0.1, -0.05) is 37.3 Å². The van der Waals surface area contributed by atoms with Gasteiger partial charge >= 0.3 is 11.8 Å². The Labute approximate surface area is 138 Å². The van der Waals surface area contributed by atoms with Crippen LogP contribution in [0.25, 0.3) is 0 Å². The van der Waals surface area contributed by atoms with Gasteiger partial charge in [-0.2, -0.15) is 0 Å². The fourth-order valence-corrected chi connectivity index (χ4v) is 2.28. The molecular weight excluding hydrogens is 294 g/mol. The maximum Gasteiger partial charge on any atom is 0.309 e. The van der Waals surface area contributed by atoms with Gasteiger partial charge in [-0.25, -0.2) is 0 Å². The molecule has 0 saturated heterocycles. The lowest BCUT2D eigenvalue weighted by atomic mass is 9.90. The van der Waals surface area contributed by atoms with Crippen LogP contribution in [0.15, 0.2) is 30.3 Å². The Hall–Kier alpha value is -1.92. The number of hydrogen-bond acceptors (Lipinski definition) is 4. The van der Waals surface area contributed by atoms with E-state index in [-0.39, 0.29) is 6.54 Å². The number of carbonyl (C=O) groups excluding carboxylic acids is 2. The second-order valence-electron chi connectivity index (χ2n) is 5.66. The summed E-state index contributed by atoms with van der Waals surface area (Å²) in [7, 11) is 5.42. The fraction of sp³-hybridized carbons (Fsp3) is 0.529. The molecule has 0 bridgehead atoms. The van der Waals surface area contributed by atoms with Crippen LogP contribution < -0.4 is 10.6 Å². The zero-order valence-electron chi connectivity index (χ0n) is 14.4. The largest absolute Gasteiger partial charge is 0.372 e. The first-order valence-electron chi connectivity index (χ1n) is 7.76. The number of amides is 2. The molecule has 0 spiro atoms. The van der Waals surface area contributed by atoms with E-state index in [9.17, 15) is 9.59 Å². The number of ether oxygens (including phenoxy) is 1. The van der Waals surface area contributed by atoms with Crippen LogP contribution in [0.5, 0.6) is 0 Å². The van der Waals surface area contributed by atoms with E-state index in [1.807, 2.05) is 56.3 Å². The van der Waals surface area contributed by atoms with Gasteiger partial charge in [0.25, 0.3) is 0 Å². The Kier molecular flexibility index (Phi) is 7.71. The molecule has 2 N–H and O–H groups in total. The van der Waals surface area contributed by atoms with Crippen molar-refractivity contribution < 1.29 is 14.3 Å². The Morgan fingerprint density at radius 3 is 2.26 bits per heavy atom. The Bertz CT molecular complexity index is 499. The fourth-order valence-electron chi connectivity index (χ4n) is 2.28. The van der Waals surface area contributed by atoms with Gasteiger partial charge in [-0.15, -0.1) is 0 Å². The molecule has 23 heavy (non-hydrogen) atoms. The highest BCUT2D eigenvalue weighted by molar-refractivity contribution is 6.35. The van der Waals surface area contributed by atoms with Crippen LogP contribution in [-0.4, -0.2) is 57.6 Å². The highest BCUT2D eigenvalue weighted by atomic mass is 16.5. The maximum atomic E-state index is 11.9. The van der Waals surface area contributed by atoms with Crippen molar-refractivity contribution in [3.63, 3.8) is 0 Å². The first-order valence-corrected chi connectivity index (χ1v) is 7.76. The van der Waals surface area contributed by atoms with E-state index < -0.39 is 17.4 Å². The second-order valence-corrected chi connectivity index (χ2v) is 5.66. The zero-order chi connectivity index (χ0) is 17.3. The van der Waals surface area contributed by atoms with Crippen molar-refractivity contribution in [3.8, 4) is 0 Å². The highest BCUT2D eigenvalue weighted by Crippen LogP contribution is 2.27. The quantitative estimate of drug-likeness (QED) is 0.693. The molecule has 0 aliphatic rings. The molecule has 128 valence electrons. The van der Waals surface area contributed by atoms with Gasteiger partial charge in [-0.05, 0) is 26.1 Å². The van der Waals surface area contributed by atoms with Crippen LogP contribution in [0.1, 0.15) is 18.9 Å². The van der Waals surface area contributed by atoms with Gasteiger partial charge in [0.2, 0.25) is 0 Å². The minimum atomic E-state index is -0.644. The molecule has 0 fully saturated rings.